The Balaban J connectivity index is 3.21. The Kier molecular flexibility index (Phi) is 3.61. The Morgan fingerprint density at radius 3 is 2.00 bits per heavy atom. The van der Waals surface area contributed by atoms with Crippen LogP contribution in [0.5, 0.6) is 0 Å². The number of halogens is 2. The molecule has 0 radical (unpaired) electrons. The standard InChI is InChI=1S/C9H10I2/c1-3-7-4-8(10)6(2)9(11)5-7/h4-5H,3H2,1-2H3. The molecule has 0 saturated heterocycles. The molecule has 0 bridgehead atoms. The molecule has 1 aromatic carbocycles. The lowest BCUT2D eigenvalue weighted by atomic mass is 10.1. The van der Waals surface area contributed by atoms with E-state index in [1.54, 1.807) is 0 Å². The van der Waals surface area contributed by atoms with Gasteiger partial charge in [0.1, 0.15) is 0 Å². The van der Waals surface area contributed by atoms with Gasteiger partial charge in [-0.3, -0.25) is 0 Å². The quantitative estimate of drug-likeness (QED) is 0.659. The van der Waals surface area contributed by atoms with Crippen LogP contribution in [0, 0.1) is 14.1 Å². The van der Waals surface area contributed by atoms with E-state index in [9.17, 15) is 0 Å². The smallest absolute Gasteiger partial charge is 0.0172 e. The van der Waals surface area contributed by atoms with Crippen molar-refractivity contribution >= 4 is 45.2 Å². The molecule has 0 aromatic heterocycles. The van der Waals surface area contributed by atoms with Gasteiger partial charge in [0.15, 0.2) is 0 Å². The van der Waals surface area contributed by atoms with Crippen molar-refractivity contribution in [2.75, 3.05) is 0 Å². The summed E-state index contributed by atoms with van der Waals surface area (Å²) in [5.41, 5.74) is 2.84. The zero-order valence-electron chi connectivity index (χ0n) is 6.62. The van der Waals surface area contributed by atoms with E-state index in [-0.39, 0.29) is 0 Å². The number of hydrogen-bond donors (Lipinski definition) is 0. The van der Waals surface area contributed by atoms with Gasteiger partial charge in [0.05, 0.1) is 0 Å². The molecule has 0 aliphatic carbocycles. The van der Waals surface area contributed by atoms with Gasteiger partial charge >= 0.3 is 0 Å². The first-order chi connectivity index (χ1) is 5.15. The minimum atomic E-state index is 1.13. The maximum absolute atomic E-state index is 2.39. The third-order valence-electron chi connectivity index (χ3n) is 1.75. The minimum absolute atomic E-state index is 1.13. The maximum atomic E-state index is 2.39. The van der Waals surface area contributed by atoms with Crippen molar-refractivity contribution in [3.63, 3.8) is 0 Å². The van der Waals surface area contributed by atoms with Crippen LogP contribution in [0.2, 0.25) is 0 Å². The van der Waals surface area contributed by atoms with E-state index >= 15 is 0 Å². The van der Waals surface area contributed by atoms with E-state index in [1.807, 2.05) is 0 Å². The van der Waals surface area contributed by atoms with Crippen LogP contribution in [0.15, 0.2) is 12.1 Å². The highest BCUT2D eigenvalue weighted by Gasteiger charge is 2.00. The van der Waals surface area contributed by atoms with E-state index in [1.165, 1.54) is 18.3 Å². The largest absolute Gasteiger partial charge is 0.0613 e. The van der Waals surface area contributed by atoms with Crippen LogP contribution < -0.4 is 0 Å². The lowest BCUT2D eigenvalue weighted by Crippen LogP contribution is -1.89. The lowest BCUT2D eigenvalue weighted by molar-refractivity contribution is 1.12. The number of hydrogen-bond acceptors (Lipinski definition) is 0. The van der Waals surface area contributed by atoms with E-state index in [4.69, 9.17) is 0 Å². The molecule has 0 aliphatic heterocycles. The molecule has 0 fully saturated rings. The third-order valence-corrected chi connectivity index (χ3v) is 3.99. The highest BCUT2D eigenvalue weighted by Crippen LogP contribution is 2.20. The van der Waals surface area contributed by atoms with Crippen LogP contribution in [0.4, 0.5) is 0 Å². The first-order valence-electron chi connectivity index (χ1n) is 3.59. The van der Waals surface area contributed by atoms with Gasteiger partial charge in [-0.2, -0.15) is 0 Å². The van der Waals surface area contributed by atoms with Gasteiger partial charge in [-0.1, -0.05) is 6.92 Å². The van der Waals surface area contributed by atoms with Gasteiger partial charge in [0, 0.05) is 7.14 Å². The van der Waals surface area contributed by atoms with Gasteiger partial charge in [-0.25, -0.2) is 0 Å². The van der Waals surface area contributed by atoms with Crippen LogP contribution in [0.3, 0.4) is 0 Å². The first kappa shape index (κ1) is 9.77. The molecule has 11 heavy (non-hydrogen) atoms. The van der Waals surface area contributed by atoms with Crippen LogP contribution in [0.1, 0.15) is 18.1 Å². The molecule has 0 amide bonds. The predicted octanol–water partition coefficient (Wildman–Crippen LogP) is 3.77. The minimum Gasteiger partial charge on any atom is -0.0613 e. The molecular weight excluding hydrogens is 362 g/mol. The Morgan fingerprint density at radius 2 is 1.64 bits per heavy atom. The molecule has 60 valence electrons. The fourth-order valence-corrected chi connectivity index (χ4v) is 2.80. The summed E-state index contributed by atoms with van der Waals surface area (Å²) in [5.74, 6) is 0. The Labute approximate surface area is 95.0 Å². The van der Waals surface area contributed by atoms with E-state index < -0.39 is 0 Å². The Morgan fingerprint density at radius 1 is 1.18 bits per heavy atom. The Hall–Kier alpha value is 0.680. The maximum Gasteiger partial charge on any atom is 0.0172 e. The van der Waals surface area contributed by atoms with Gasteiger partial charge in [0.25, 0.3) is 0 Å². The number of aryl methyl sites for hydroxylation is 1. The molecule has 0 saturated carbocycles. The van der Waals surface area contributed by atoms with Gasteiger partial charge < -0.3 is 0 Å². The molecular formula is C9H10I2. The van der Waals surface area contributed by atoms with Crippen LogP contribution in [0.25, 0.3) is 0 Å². The topological polar surface area (TPSA) is 0 Å². The van der Waals surface area contributed by atoms with Crippen molar-refractivity contribution in [3.8, 4) is 0 Å². The molecule has 0 atom stereocenters. The summed E-state index contributed by atoms with van der Waals surface area (Å²) in [4.78, 5) is 0. The number of benzene rings is 1. The molecule has 0 nitrogen and oxygen atoms in total. The van der Waals surface area contributed by atoms with Crippen molar-refractivity contribution in [1.82, 2.24) is 0 Å². The third kappa shape index (κ3) is 2.31. The van der Waals surface area contributed by atoms with Crippen molar-refractivity contribution in [2.45, 2.75) is 20.3 Å². The second-order valence-corrected chi connectivity index (χ2v) is 4.86. The fraction of sp³-hybridized carbons (Fsp3) is 0.333. The average molecular weight is 372 g/mol. The molecule has 0 unspecified atom stereocenters. The van der Waals surface area contributed by atoms with Gasteiger partial charge in [0.2, 0.25) is 0 Å². The highest BCUT2D eigenvalue weighted by molar-refractivity contribution is 14.1. The second kappa shape index (κ2) is 4.07. The summed E-state index contributed by atoms with van der Waals surface area (Å²) in [6.07, 6.45) is 1.13. The summed E-state index contributed by atoms with van der Waals surface area (Å²) in [6, 6.07) is 4.52. The molecule has 1 aromatic rings. The molecule has 0 heterocycles. The SMILES string of the molecule is CCc1cc(I)c(C)c(I)c1. The summed E-state index contributed by atoms with van der Waals surface area (Å²) >= 11 is 4.79. The van der Waals surface area contributed by atoms with Crippen molar-refractivity contribution < 1.29 is 0 Å². The van der Waals surface area contributed by atoms with Gasteiger partial charge in [-0.05, 0) is 81.8 Å². The predicted molar refractivity (Wildman–Crippen MR) is 66.0 cm³/mol. The average Bonchev–Trinajstić information content (AvgIpc) is 1.99. The zero-order valence-corrected chi connectivity index (χ0v) is 10.9. The Bertz CT molecular complexity index is 243. The van der Waals surface area contributed by atoms with Crippen molar-refractivity contribution in [2.24, 2.45) is 0 Å². The molecule has 1 rings (SSSR count). The van der Waals surface area contributed by atoms with E-state index in [2.05, 4.69) is 71.2 Å². The first-order valence-corrected chi connectivity index (χ1v) is 5.75. The van der Waals surface area contributed by atoms with Crippen LogP contribution in [-0.2, 0) is 6.42 Å². The van der Waals surface area contributed by atoms with E-state index in [0.29, 0.717) is 0 Å². The monoisotopic (exact) mass is 372 g/mol. The summed E-state index contributed by atoms with van der Waals surface area (Å²) < 4.78 is 2.76. The number of rotatable bonds is 1. The molecule has 0 N–H and O–H groups in total. The van der Waals surface area contributed by atoms with E-state index in [0.717, 1.165) is 6.42 Å². The molecule has 0 spiro atoms. The molecule has 0 aliphatic rings. The van der Waals surface area contributed by atoms with Crippen LogP contribution in [-0.4, -0.2) is 0 Å². The van der Waals surface area contributed by atoms with Crippen LogP contribution >= 0.6 is 45.2 Å². The summed E-state index contributed by atoms with van der Waals surface area (Å²) in [5, 5.41) is 0. The van der Waals surface area contributed by atoms with Crippen molar-refractivity contribution in [1.29, 1.82) is 0 Å². The normalized spacial score (nSPS) is 10.2. The second-order valence-electron chi connectivity index (χ2n) is 2.54. The summed E-state index contributed by atoms with van der Waals surface area (Å²) in [6.45, 7) is 4.36. The summed E-state index contributed by atoms with van der Waals surface area (Å²) in [7, 11) is 0. The van der Waals surface area contributed by atoms with Gasteiger partial charge in [-0.15, -0.1) is 0 Å². The van der Waals surface area contributed by atoms with Crippen molar-refractivity contribution in [3.05, 3.63) is 30.4 Å². The zero-order chi connectivity index (χ0) is 8.43. The lowest BCUT2D eigenvalue weighted by Gasteiger charge is -2.04. The highest BCUT2D eigenvalue weighted by atomic mass is 127. The fourth-order valence-electron chi connectivity index (χ4n) is 0.902. The molecule has 2 heteroatoms.